The van der Waals surface area contributed by atoms with E-state index in [1.54, 1.807) is 0 Å². The van der Waals surface area contributed by atoms with Crippen LogP contribution in [0.2, 0.25) is 0 Å². The molecule has 0 fully saturated rings. The molecule has 1 aliphatic rings. The van der Waals surface area contributed by atoms with E-state index in [2.05, 4.69) is 169 Å². The number of hydrogen-bond donors (Lipinski definition) is 0. The standard InChI is InChI=1S/C49H50N5O.Pt/c1-31(2)40-25-34(49(8,9)10)26-41(32(3)4)46(40)53-30-52(47-43(53)19-14-23-51-47)35-15-13-16-36(28-35)55-37-20-21-39-38-17-11-12-18-42(38)54(44(39)29-37)45-27-33(22-24-50-45)48(5,6)7;/h11-27,30-32H,1-10H3;/q-3;. The fraction of sp³-hybridized carbons (Fsp3) is 0.286. The Hall–Kier alpha value is -4.93. The van der Waals surface area contributed by atoms with Gasteiger partial charge in [-0.2, -0.15) is 12.1 Å². The zero-order chi connectivity index (χ0) is 38.8. The summed E-state index contributed by atoms with van der Waals surface area (Å²) < 4.78 is 8.77. The Morgan fingerprint density at radius 2 is 1.34 bits per heavy atom. The Labute approximate surface area is 346 Å². The summed E-state index contributed by atoms with van der Waals surface area (Å²) in [6.07, 6.45) is 3.75. The summed E-state index contributed by atoms with van der Waals surface area (Å²) in [4.78, 5) is 14.2. The summed E-state index contributed by atoms with van der Waals surface area (Å²) in [7, 11) is 0. The van der Waals surface area contributed by atoms with E-state index in [4.69, 9.17) is 14.7 Å². The molecule has 3 aromatic heterocycles. The average molecular weight is 920 g/mol. The van der Waals surface area contributed by atoms with Crippen LogP contribution in [0.4, 0.5) is 22.9 Å². The maximum atomic E-state index is 6.58. The van der Waals surface area contributed by atoms with Crippen LogP contribution in [0, 0.1) is 18.8 Å². The van der Waals surface area contributed by atoms with Crippen molar-refractivity contribution in [1.29, 1.82) is 0 Å². The minimum absolute atomic E-state index is 0. The summed E-state index contributed by atoms with van der Waals surface area (Å²) in [6.45, 7) is 24.9. The van der Waals surface area contributed by atoms with Crippen LogP contribution in [0.5, 0.6) is 11.5 Å². The van der Waals surface area contributed by atoms with Gasteiger partial charge < -0.3 is 19.1 Å². The third-order valence-electron chi connectivity index (χ3n) is 10.6. The van der Waals surface area contributed by atoms with Crippen molar-refractivity contribution in [2.45, 2.75) is 91.9 Å². The molecule has 0 aliphatic carbocycles. The van der Waals surface area contributed by atoms with Crippen LogP contribution in [0.25, 0.3) is 27.6 Å². The van der Waals surface area contributed by atoms with Gasteiger partial charge in [-0.15, -0.1) is 42.4 Å². The molecular formula is C49H50N5OPt-3. The number of hydrogen-bond acceptors (Lipinski definition) is 5. The molecule has 4 heterocycles. The number of para-hydroxylation sites is 1. The van der Waals surface area contributed by atoms with E-state index in [0.29, 0.717) is 23.3 Å². The molecule has 0 saturated carbocycles. The number of pyridine rings is 2. The molecule has 4 aromatic carbocycles. The first-order valence-electron chi connectivity index (χ1n) is 19.4. The van der Waals surface area contributed by atoms with Crippen LogP contribution in [-0.2, 0) is 31.9 Å². The first-order chi connectivity index (χ1) is 26.2. The maximum Gasteiger partial charge on any atom is 0.135 e. The number of nitrogens with zero attached hydrogens (tertiary/aromatic N) is 5. The molecule has 56 heavy (non-hydrogen) atoms. The van der Waals surface area contributed by atoms with E-state index in [0.717, 1.165) is 44.8 Å². The third-order valence-corrected chi connectivity index (χ3v) is 10.6. The van der Waals surface area contributed by atoms with Crippen LogP contribution < -0.4 is 14.5 Å². The summed E-state index contributed by atoms with van der Waals surface area (Å²) in [5.41, 5.74) is 10.3. The van der Waals surface area contributed by atoms with Gasteiger partial charge in [-0.05, 0) is 80.6 Å². The Morgan fingerprint density at radius 1 is 0.643 bits per heavy atom. The Morgan fingerprint density at radius 3 is 2.04 bits per heavy atom. The molecule has 7 heteroatoms. The van der Waals surface area contributed by atoms with Crippen molar-refractivity contribution in [3.63, 3.8) is 0 Å². The van der Waals surface area contributed by atoms with Crippen molar-refractivity contribution in [2.24, 2.45) is 0 Å². The molecule has 0 radical (unpaired) electrons. The molecule has 0 saturated heterocycles. The summed E-state index contributed by atoms with van der Waals surface area (Å²) >= 11 is 0. The number of aromatic nitrogens is 3. The normalized spacial score (nSPS) is 13.2. The predicted molar refractivity (Wildman–Crippen MR) is 228 cm³/mol. The molecule has 0 atom stereocenters. The van der Waals surface area contributed by atoms with Gasteiger partial charge in [0.1, 0.15) is 11.6 Å². The Balaban J connectivity index is 0.00000480. The van der Waals surface area contributed by atoms with Crippen LogP contribution in [0.15, 0.2) is 103 Å². The van der Waals surface area contributed by atoms with Gasteiger partial charge in [-0.25, -0.2) is 9.97 Å². The molecule has 0 N–H and O–H groups in total. The average Bonchev–Trinajstić information content (AvgIpc) is 3.69. The van der Waals surface area contributed by atoms with E-state index < -0.39 is 0 Å². The zero-order valence-corrected chi connectivity index (χ0v) is 36.3. The van der Waals surface area contributed by atoms with Crippen LogP contribution in [0.3, 0.4) is 0 Å². The SMILES string of the molecule is CC(C)c1cc(C(C)(C)C)cc(C(C)C)c1N1[CH-]N(c2[c-]c(Oc3[c-]c4c(cc3)c3ccccc3n4-c3cc(C(C)(C)C)ccn3)ccc2)c2ncccc21.[Pt]. The molecular weight excluding hydrogens is 870 g/mol. The molecule has 0 bridgehead atoms. The van der Waals surface area contributed by atoms with Gasteiger partial charge in [0.05, 0.1) is 5.69 Å². The van der Waals surface area contributed by atoms with Gasteiger partial charge >= 0.3 is 0 Å². The predicted octanol–water partition coefficient (Wildman–Crippen LogP) is 13.2. The number of ether oxygens (including phenoxy) is 1. The van der Waals surface area contributed by atoms with Crippen molar-refractivity contribution in [2.75, 3.05) is 9.80 Å². The van der Waals surface area contributed by atoms with Crippen LogP contribution in [0.1, 0.15) is 103 Å². The van der Waals surface area contributed by atoms with Crippen molar-refractivity contribution >= 4 is 44.7 Å². The summed E-state index contributed by atoms with van der Waals surface area (Å²) in [6, 6.07) is 39.0. The van der Waals surface area contributed by atoms with Gasteiger partial charge in [0.15, 0.2) is 0 Å². The van der Waals surface area contributed by atoms with E-state index in [1.807, 2.05) is 36.7 Å². The maximum absolute atomic E-state index is 6.58. The zero-order valence-electron chi connectivity index (χ0n) is 34.0. The van der Waals surface area contributed by atoms with Crippen LogP contribution >= 0.6 is 0 Å². The van der Waals surface area contributed by atoms with Gasteiger partial charge in [-0.1, -0.05) is 111 Å². The topological polar surface area (TPSA) is 46.4 Å². The largest absolute Gasteiger partial charge is 0.509 e. The molecule has 1 aliphatic heterocycles. The Kier molecular flexibility index (Phi) is 10.4. The fourth-order valence-electron chi connectivity index (χ4n) is 7.55. The van der Waals surface area contributed by atoms with E-state index in [-0.39, 0.29) is 31.9 Å². The van der Waals surface area contributed by atoms with E-state index >= 15 is 0 Å². The molecule has 7 aromatic rings. The van der Waals surface area contributed by atoms with Gasteiger partial charge in [0, 0.05) is 56.2 Å². The summed E-state index contributed by atoms with van der Waals surface area (Å²) in [5, 5.41) is 2.24. The number of rotatable bonds is 7. The monoisotopic (exact) mass is 919 g/mol. The molecule has 0 unspecified atom stereocenters. The first-order valence-corrected chi connectivity index (χ1v) is 19.4. The number of benzene rings is 4. The quantitative estimate of drug-likeness (QED) is 0.149. The van der Waals surface area contributed by atoms with E-state index in [1.165, 1.54) is 27.9 Å². The number of anilines is 4. The molecule has 290 valence electrons. The minimum atomic E-state index is -0.0144. The van der Waals surface area contributed by atoms with Crippen LogP contribution in [-0.4, -0.2) is 14.5 Å². The number of fused-ring (bicyclic) bond motifs is 4. The Bertz CT molecular complexity index is 2530. The molecule has 0 amide bonds. The van der Waals surface area contributed by atoms with Crippen molar-refractivity contribution < 1.29 is 25.8 Å². The minimum Gasteiger partial charge on any atom is -0.509 e. The van der Waals surface area contributed by atoms with Crippen molar-refractivity contribution in [1.82, 2.24) is 14.5 Å². The third kappa shape index (κ3) is 7.13. The molecule has 6 nitrogen and oxygen atoms in total. The molecule has 8 rings (SSSR count). The second kappa shape index (κ2) is 14.9. The first kappa shape index (κ1) is 39.3. The smallest absolute Gasteiger partial charge is 0.135 e. The second-order valence-electron chi connectivity index (χ2n) is 17.4. The van der Waals surface area contributed by atoms with Gasteiger partial charge in [0.2, 0.25) is 0 Å². The van der Waals surface area contributed by atoms with Crippen molar-refractivity contribution in [3.8, 4) is 17.3 Å². The van der Waals surface area contributed by atoms with Gasteiger partial charge in [0.25, 0.3) is 0 Å². The second-order valence-corrected chi connectivity index (χ2v) is 17.4. The van der Waals surface area contributed by atoms with Crippen molar-refractivity contribution in [3.05, 3.63) is 144 Å². The summed E-state index contributed by atoms with van der Waals surface area (Å²) in [5.74, 6) is 3.55. The fourth-order valence-corrected chi connectivity index (χ4v) is 7.55. The molecule has 0 spiro atoms. The van der Waals surface area contributed by atoms with Gasteiger partial charge in [-0.3, -0.25) is 0 Å². The van der Waals surface area contributed by atoms with E-state index in [9.17, 15) is 0 Å².